The quantitative estimate of drug-likeness (QED) is 0.422. The fourth-order valence-electron chi connectivity index (χ4n) is 1.04. The summed E-state index contributed by atoms with van der Waals surface area (Å²) in [5.41, 5.74) is 5.58. The normalized spacial score (nSPS) is 11.0. The van der Waals surface area contributed by atoms with Crippen LogP contribution in [0.3, 0.4) is 0 Å². The molecule has 0 aromatic carbocycles. The van der Waals surface area contributed by atoms with E-state index in [4.69, 9.17) is 0 Å². The summed E-state index contributed by atoms with van der Waals surface area (Å²) in [5, 5.41) is 0. The Kier molecular flexibility index (Phi) is 5.60. The van der Waals surface area contributed by atoms with Crippen LogP contribution < -0.4 is 0 Å². The van der Waals surface area contributed by atoms with E-state index in [9.17, 15) is 0 Å². The smallest absolute Gasteiger partial charge is 0.00699 e. The molecule has 0 nitrogen and oxygen atoms in total. The van der Waals surface area contributed by atoms with Gasteiger partial charge in [-0.25, -0.2) is 0 Å². The molecular weight excluding hydrogens is 132 g/mol. The highest BCUT2D eigenvalue weighted by Crippen LogP contribution is 2.09. The first-order valence-electron chi connectivity index (χ1n) is 4.30. The Labute approximate surface area is 70.3 Å². The predicted molar refractivity (Wildman–Crippen MR) is 51.6 cm³/mol. The average Bonchev–Trinajstić information content (AvgIpc) is 2.01. The maximum atomic E-state index is 3.64. The van der Waals surface area contributed by atoms with Gasteiger partial charge >= 0.3 is 0 Å². The Bertz CT molecular complexity index is 178. The second kappa shape index (κ2) is 6.00. The first kappa shape index (κ1) is 10.3. The molecule has 0 amide bonds. The molecular formula is C11H18. The van der Waals surface area contributed by atoms with E-state index in [1.54, 1.807) is 0 Å². The van der Waals surface area contributed by atoms with Crippen LogP contribution in [0.2, 0.25) is 0 Å². The van der Waals surface area contributed by atoms with Crippen LogP contribution in [0.5, 0.6) is 0 Å². The average molecular weight is 150 g/mol. The van der Waals surface area contributed by atoms with E-state index in [-0.39, 0.29) is 0 Å². The minimum atomic E-state index is 1.03. The van der Waals surface area contributed by atoms with E-state index in [1.807, 2.05) is 0 Å². The van der Waals surface area contributed by atoms with Crippen molar-refractivity contribution in [2.24, 2.45) is 0 Å². The molecule has 0 fully saturated rings. The van der Waals surface area contributed by atoms with Crippen LogP contribution >= 0.6 is 0 Å². The molecule has 0 unspecified atom stereocenters. The lowest BCUT2D eigenvalue weighted by Gasteiger charge is -1.97. The third-order valence-corrected chi connectivity index (χ3v) is 1.67. The van der Waals surface area contributed by atoms with E-state index in [1.165, 1.54) is 24.0 Å². The molecule has 0 saturated carbocycles. The van der Waals surface area contributed by atoms with Crippen LogP contribution in [0.4, 0.5) is 0 Å². The molecule has 0 aromatic heterocycles. The van der Waals surface area contributed by atoms with E-state index < -0.39 is 0 Å². The second-order valence-electron chi connectivity index (χ2n) is 2.80. The molecule has 0 heterocycles. The van der Waals surface area contributed by atoms with Gasteiger partial charge in [0.15, 0.2) is 0 Å². The molecule has 62 valence electrons. The van der Waals surface area contributed by atoms with Crippen molar-refractivity contribution in [3.8, 4) is 0 Å². The summed E-state index contributed by atoms with van der Waals surface area (Å²) in [6.07, 6.45) is 5.63. The zero-order chi connectivity index (χ0) is 8.69. The van der Waals surface area contributed by atoms with Gasteiger partial charge in [-0.1, -0.05) is 38.5 Å². The minimum Gasteiger partial charge on any atom is -0.125 e. The topological polar surface area (TPSA) is 0 Å². The van der Waals surface area contributed by atoms with Crippen LogP contribution in [-0.2, 0) is 0 Å². The van der Waals surface area contributed by atoms with Gasteiger partial charge in [0.2, 0.25) is 0 Å². The molecule has 0 spiro atoms. The Balaban J connectivity index is 4.16. The third-order valence-electron chi connectivity index (χ3n) is 1.67. The molecule has 0 aliphatic heterocycles. The summed E-state index contributed by atoms with van der Waals surface area (Å²) >= 11 is 0. The summed E-state index contributed by atoms with van der Waals surface area (Å²) in [6.45, 7) is 10.1. The lowest BCUT2D eigenvalue weighted by atomic mass is 10.1. The number of hydrogen-bond acceptors (Lipinski definition) is 0. The van der Waals surface area contributed by atoms with Gasteiger partial charge < -0.3 is 0 Å². The Morgan fingerprint density at radius 1 is 1.45 bits per heavy atom. The lowest BCUT2D eigenvalue weighted by molar-refractivity contribution is 0.902. The molecule has 0 aromatic rings. The van der Waals surface area contributed by atoms with Gasteiger partial charge in [0.25, 0.3) is 0 Å². The molecule has 0 atom stereocenters. The molecule has 0 bridgehead atoms. The van der Waals surface area contributed by atoms with Gasteiger partial charge in [0.05, 0.1) is 0 Å². The predicted octanol–water partition coefficient (Wildman–Crippen LogP) is 3.85. The van der Waals surface area contributed by atoms with Gasteiger partial charge in [-0.05, 0) is 25.3 Å². The first-order chi connectivity index (χ1) is 5.24. The minimum absolute atomic E-state index is 1.03. The van der Waals surface area contributed by atoms with Gasteiger partial charge in [-0.2, -0.15) is 0 Å². The summed E-state index contributed by atoms with van der Waals surface area (Å²) in [7, 11) is 0. The van der Waals surface area contributed by atoms with Crippen molar-refractivity contribution in [1.82, 2.24) is 0 Å². The molecule has 0 N–H and O–H groups in total. The highest BCUT2D eigenvalue weighted by molar-refractivity contribution is 5.20. The van der Waals surface area contributed by atoms with Crippen molar-refractivity contribution in [3.05, 3.63) is 29.5 Å². The van der Waals surface area contributed by atoms with Crippen molar-refractivity contribution >= 4 is 0 Å². The fourth-order valence-corrected chi connectivity index (χ4v) is 1.04. The highest BCUT2D eigenvalue weighted by atomic mass is 13.9. The van der Waals surface area contributed by atoms with Crippen molar-refractivity contribution in [3.63, 3.8) is 0 Å². The van der Waals surface area contributed by atoms with E-state index in [0.29, 0.717) is 0 Å². The van der Waals surface area contributed by atoms with Gasteiger partial charge in [0, 0.05) is 0 Å². The number of rotatable bonds is 4. The molecule has 11 heavy (non-hydrogen) atoms. The molecule has 0 aliphatic carbocycles. The van der Waals surface area contributed by atoms with Crippen molar-refractivity contribution in [1.29, 1.82) is 0 Å². The van der Waals surface area contributed by atoms with Crippen LogP contribution in [0, 0.1) is 0 Å². The standard InChI is InChI=1S/C11H18/c1-5-8-10(4)9-11(6-2)7-3/h9H,2,5,7-8H2,1,3-4H3. The van der Waals surface area contributed by atoms with Crippen molar-refractivity contribution < 1.29 is 0 Å². The third kappa shape index (κ3) is 4.64. The molecule has 0 radical (unpaired) electrons. The van der Waals surface area contributed by atoms with Crippen LogP contribution in [-0.4, -0.2) is 0 Å². The van der Waals surface area contributed by atoms with Crippen molar-refractivity contribution in [2.45, 2.75) is 40.0 Å². The largest absolute Gasteiger partial charge is 0.125 e. The first-order valence-corrected chi connectivity index (χ1v) is 4.30. The van der Waals surface area contributed by atoms with E-state index >= 15 is 0 Å². The van der Waals surface area contributed by atoms with Crippen LogP contribution in [0.25, 0.3) is 0 Å². The Morgan fingerprint density at radius 3 is 2.45 bits per heavy atom. The van der Waals surface area contributed by atoms with E-state index in [0.717, 1.165) is 6.42 Å². The summed E-state index contributed by atoms with van der Waals surface area (Å²) in [6, 6.07) is 0. The Hall–Kier alpha value is -0.740. The van der Waals surface area contributed by atoms with Gasteiger partial charge in [-0.3, -0.25) is 0 Å². The zero-order valence-electron chi connectivity index (χ0n) is 7.91. The fraction of sp³-hybridized carbons (Fsp3) is 0.545. The monoisotopic (exact) mass is 150 g/mol. The second-order valence-corrected chi connectivity index (χ2v) is 2.80. The Morgan fingerprint density at radius 2 is 2.09 bits per heavy atom. The highest BCUT2D eigenvalue weighted by Gasteiger charge is 1.89. The molecule has 0 heteroatoms. The number of allylic oxidation sites excluding steroid dienone is 3. The van der Waals surface area contributed by atoms with Crippen molar-refractivity contribution in [2.75, 3.05) is 0 Å². The zero-order valence-corrected chi connectivity index (χ0v) is 7.91. The molecule has 0 aliphatic rings. The van der Waals surface area contributed by atoms with Gasteiger partial charge in [-0.15, -0.1) is 5.73 Å². The summed E-state index contributed by atoms with van der Waals surface area (Å²) in [5.74, 6) is 0. The maximum Gasteiger partial charge on any atom is -0.00699 e. The lowest BCUT2D eigenvalue weighted by Crippen LogP contribution is -1.78. The number of hydrogen-bond donors (Lipinski definition) is 0. The maximum absolute atomic E-state index is 3.64. The summed E-state index contributed by atoms with van der Waals surface area (Å²) < 4.78 is 0. The molecule has 0 rings (SSSR count). The van der Waals surface area contributed by atoms with Crippen LogP contribution in [0.15, 0.2) is 29.5 Å². The van der Waals surface area contributed by atoms with E-state index in [2.05, 4.69) is 39.2 Å². The van der Waals surface area contributed by atoms with Gasteiger partial charge in [0.1, 0.15) is 0 Å². The SMILES string of the molecule is C=C=C(C=C(C)CCC)CC. The van der Waals surface area contributed by atoms with Crippen LogP contribution in [0.1, 0.15) is 40.0 Å². The summed E-state index contributed by atoms with van der Waals surface area (Å²) in [4.78, 5) is 0. The molecule has 0 saturated heterocycles.